The molecule has 0 fully saturated rings. The van der Waals surface area contributed by atoms with Gasteiger partial charge in [-0.1, -0.05) is 18.2 Å². The number of para-hydroxylation sites is 1. The zero-order valence-corrected chi connectivity index (χ0v) is 14.3. The molecule has 0 radical (unpaired) electrons. The summed E-state index contributed by atoms with van der Waals surface area (Å²) in [5.41, 5.74) is 9.82. The van der Waals surface area contributed by atoms with Crippen molar-refractivity contribution in [3.8, 4) is 22.6 Å². The molecule has 1 aliphatic rings. The van der Waals surface area contributed by atoms with Crippen molar-refractivity contribution < 1.29 is 9.47 Å². The lowest BCUT2D eigenvalue weighted by Crippen LogP contribution is -2.21. The first kappa shape index (κ1) is 15.6. The molecular formula is C20H20N2O3. The third-order valence-electron chi connectivity index (χ3n) is 4.91. The van der Waals surface area contributed by atoms with E-state index in [1.54, 1.807) is 26.4 Å². The van der Waals surface area contributed by atoms with E-state index in [4.69, 9.17) is 15.2 Å². The lowest BCUT2D eigenvalue weighted by Gasteiger charge is -2.24. The van der Waals surface area contributed by atoms with Crippen molar-refractivity contribution in [2.24, 2.45) is 0 Å². The number of anilines is 1. The number of benzene rings is 2. The van der Waals surface area contributed by atoms with Crippen LogP contribution in [0.3, 0.4) is 0 Å². The van der Waals surface area contributed by atoms with Crippen molar-refractivity contribution in [1.82, 2.24) is 4.57 Å². The van der Waals surface area contributed by atoms with Gasteiger partial charge in [0.15, 0.2) is 16.9 Å². The second-order valence-electron chi connectivity index (χ2n) is 6.23. The van der Waals surface area contributed by atoms with Gasteiger partial charge in [0.2, 0.25) is 0 Å². The first-order chi connectivity index (χ1) is 12.2. The van der Waals surface area contributed by atoms with Crippen LogP contribution in [0, 0.1) is 0 Å². The maximum absolute atomic E-state index is 13.2. The number of ether oxygens (including phenoxy) is 2. The van der Waals surface area contributed by atoms with Crippen LogP contribution in [0.2, 0.25) is 0 Å². The number of hydrogen-bond donors (Lipinski definition) is 1. The SMILES string of the molecule is COc1ccc(-c2c(N)n3c4c(cccc4c2=O)CCC3)cc1OC. The lowest BCUT2D eigenvalue weighted by atomic mass is 9.96. The summed E-state index contributed by atoms with van der Waals surface area (Å²) < 4.78 is 12.7. The minimum atomic E-state index is -0.0419. The van der Waals surface area contributed by atoms with Gasteiger partial charge in [0.25, 0.3) is 0 Å². The molecule has 0 unspecified atom stereocenters. The van der Waals surface area contributed by atoms with Gasteiger partial charge < -0.3 is 19.8 Å². The molecule has 2 N–H and O–H groups in total. The van der Waals surface area contributed by atoms with Crippen molar-refractivity contribution in [3.05, 3.63) is 52.2 Å². The fourth-order valence-electron chi connectivity index (χ4n) is 3.73. The Morgan fingerprint density at radius 3 is 2.64 bits per heavy atom. The Bertz CT molecular complexity index is 1040. The Hall–Kier alpha value is -2.95. The van der Waals surface area contributed by atoms with Crippen LogP contribution in [0.15, 0.2) is 41.2 Å². The van der Waals surface area contributed by atoms with Gasteiger partial charge in [0.05, 0.1) is 25.3 Å². The molecule has 5 nitrogen and oxygen atoms in total. The molecule has 4 rings (SSSR count). The summed E-state index contributed by atoms with van der Waals surface area (Å²) in [6.45, 7) is 0.819. The number of nitrogens with two attached hydrogens (primary N) is 1. The fourth-order valence-corrected chi connectivity index (χ4v) is 3.73. The van der Waals surface area contributed by atoms with Gasteiger partial charge in [-0.15, -0.1) is 0 Å². The van der Waals surface area contributed by atoms with E-state index in [1.165, 1.54) is 5.56 Å². The van der Waals surface area contributed by atoms with E-state index in [0.29, 0.717) is 22.9 Å². The second kappa shape index (κ2) is 5.84. The van der Waals surface area contributed by atoms with Gasteiger partial charge in [-0.3, -0.25) is 4.79 Å². The number of nitrogens with zero attached hydrogens (tertiary/aromatic N) is 1. The maximum atomic E-state index is 13.2. The van der Waals surface area contributed by atoms with Crippen molar-refractivity contribution >= 4 is 16.7 Å². The fraction of sp³-hybridized carbons (Fsp3) is 0.250. The predicted molar refractivity (Wildman–Crippen MR) is 99.5 cm³/mol. The van der Waals surface area contributed by atoms with E-state index in [9.17, 15) is 4.79 Å². The topological polar surface area (TPSA) is 66.5 Å². The van der Waals surface area contributed by atoms with Crippen LogP contribution in [0.4, 0.5) is 5.82 Å². The van der Waals surface area contributed by atoms with Gasteiger partial charge in [-0.25, -0.2) is 0 Å². The Kier molecular flexibility index (Phi) is 3.64. The van der Waals surface area contributed by atoms with Crippen LogP contribution in [-0.2, 0) is 13.0 Å². The normalized spacial score (nSPS) is 13.0. The molecule has 1 aromatic heterocycles. The van der Waals surface area contributed by atoms with Crippen LogP contribution in [-0.4, -0.2) is 18.8 Å². The highest BCUT2D eigenvalue weighted by Crippen LogP contribution is 2.35. The molecule has 0 saturated heterocycles. The number of methoxy groups -OCH3 is 2. The number of aromatic nitrogens is 1. The van der Waals surface area contributed by atoms with E-state index in [2.05, 4.69) is 10.6 Å². The average molecular weight is 336 g/mol. The minimum Gasteiger partial charge on any atom is -0.493 e. The first-order valence-corrected chi connectivity index (χ1v) is 8.32. The number of hydrogen-bond acceptors (Lipinski definition) is 4. The number of pyridine rings is 1. The summed E-state index contributed by atoms with van der Waals surface area (Å²) in [5, 5.41) is 0.719. The molecule has 2 aromatic carbocycles. The van der Waals surface area contributed by atoms with Gasteiger partial charge in [0, 0.05) is 11.9 Å². The largest absolute Gasteiger partial charge is 0.493 e. The molecule has 128 valence electrons. The van der Waals surface area contributed by atoms with E-state index in [-0.39, 0.29) is 5.43 Å². The summed E-state index contributed by atoms with van der Waals surface area (Å²) in [5.74, 6) is 1.71. The molecule has 0 aliphatic carbocycles. The Morgan fingerprint density at radius 2 is 1.88 bits per heavy atom. The third kappa shape index (κ3) is 2.27. The molecule has 3 aromatic rings. The van der Waals surface area contributed by atoms with Crippen LogP contribution < -0.4 is 20.6 Å². The zero-order valence-electron chi connectivity index (χ0n) is 14.3. The zero-order chi connectivity index (χ0) is 17.6. The summed E-state index contributed by atoms with van der Waals surface area (Å²) >= 11 is 0. The van der Waals surface area contributed by atoms with Crippen molar-refractivity contribution in [3.63, 3.8) is 0 Å². The highest BCUT2D eigenvalue weighted by molar-refractivity contribution is 5.92. The first-order valence-electron chi connectivity index (χ1n) is 8.32. The molecule has 5 heteroatoms. The maximum Gasteiger partial charge on any atom is 0.199 e. The lowest BCUT2D eigenvalue weighted by molar-refractivity contribution is 0.355. The summed E-state index contributed by atoms with van der Waals surface area (Å²) in [7, 11) is 3.16. The van der Waals surface area contributed by atoms with Crippen LogP contribution in [0.25, 0.3) is 22.0 Å². The highest BCUT2D eigenvalue weighted by Gasteiger charge is 2.21. The molecule has 2 heterocycles. The van der Waals surface area contributed by atoms with Crippen LogP contribution in [0.5, 0.6) is 11.5 Å². The van der Waals surface area contributed by atoms with Crippen molar-refractivity contribution in [2.45, 2.75) is 19.4 Å². The highest BCUT2D eigenvalue weighted by atomic mass is 16.5. The standard InChI is InChI=1S/C20H20N2O3/c1-24-15-9-8-13(11-16(15)25-2)17-19(23)14-7-3-5-12-6-4-10-22(18(12)14)20(17)21/h3,5,7-9,11H,4,6,10,21H2,1-2H3. The van der Waals surface area contributed by atoms with Crippen LogP contribution in [0.1, 0.15) is 12.0 Å². The predicted octanol–water partition coefficient (Wildman–Crippen LogP) is 3.21. The quantitative estimate of drug-likeness (QED) is 0.797. The molecule has 0 spiro atoms. The molecule has 0 amide bonds. The Balaban J connectivity index is 2.06. The minimum absolute atomic E-state index is 0.0419. The molecule has 0 bridgehead atoms. The molecular weight excluding hydrogens is 316 g/mol. The molecule has 25 heavy (non-hydrogen) atoms. The summed E-state index contributed by atoms with van der Waals surface area (Å²) in [4.78, 5) is 13.2. The number of rotatable bonds is 3. The Labute approximate surface area is 145 Å². The third-order valence-corrected chi connectivity index (χ3v) is 4.91. The number of nitrogen functional groups attached to an aromatic ring is 1. The average Bonchev–Trinajstić information content (AvgIpc) is 2.66. The van der Waals surface area contributed by atoms with E-state index < -0.39 is 0 Å². The summed E-state index contributed by atoms with van der Waals surface area (Å²) in [6.07, 6.45) is 2.00. The Morgan fingerprint density at radius 1 is 1.08 bits per heavy atom. The molecule has 0 atom stereocenters. The van der Waals surface area contributed by atoms with Crippen molar-refractivity contribution in [2.75, 3.05) is 20.0 Å². The van der Waals surface area contributed by atoms with Gasteiger partial charge in [0.1, 0.15) is 5.82 Å². The van der Waals surface area contributed by atoms with Gasteiger partial charge >= 0.3 is 0 Å². The monoisotopic (exact) mass is 336 g/mol. The van der Waals surface area contributed by atoms with Gasteiger partial charge in [-0.05, 0) is 42.2 Å². The van der Waals surface area contributed by atoms with E-state index >= 15 is 0 Å². The molecule has 1 aliphatic heterocycles. The number of aryl methyl sites for hydroxylation is 2. The second-order valence-corrected chi connectivity index (χ2v) is 6.23. The van der Waals surface area contributed by atoms with Crippen molar-refractivity contribution in [1.29, 1.82) is 0 Å². The summed E-state index contributed by atoms with van der Waals surface area (Å²) in [6, 6.07) is 11.4. The smallest absolute Gasteiger partial charge is 0.199 e. The van der Waals surface area contributed by atoms with Crippen LogP contribution >= 0.6 is 0 Å². The van der Waals surface area contributed by atoms with Gasteiger partial charge in [-0.2, -0.15) is 0 Å². The molecule has 0 saturated carbocycles. The van der Waals surface area contributed by atoms with E-state index in [0.717, 1.165) is 35.9 Å². The van der Waals surface area contributed by atoms with E-state index in [1.807, 2.05) is 18.2 Å².